The van der Waals surface area contributed by atoms with Gasteiger partial charge >= 0.3 is 0 Å². The van der Waals surface area contributed by atoms with E-state index >= 15 is 0 Å². The largest absolute Gasteiger partial charge is 0.173 e. The van der Waals surface area contributed by atoms with E-state index in [1.165, 1.54) is 0 Å². The number of rotatable bonds is 2. The molecule has 2 rings (SSSR count). The van der Waals surface area contributed by atoms with Gasteiger partial charge in [0.25, 0.3) is 0 Å². The molecule has 5 heteroatoms. The molecule has 0 aliphatic heterocycles. The molecular formula is C8H7FN2S2. The van der Waals surface area contributed by atoms with Crippen LogP contribution in [0.5, 0.6) is 0 Å². The van der Waals surface area contributed by atoms with Gasteiger partial charge < -0.3 is 0 Å². The number of hydrogen-bond acceptors (Lipinski definition) is 4. The summed E-state index contributed by atoms with van der Waals surface area (Å²) < 4.78 is 20.6. The number of aromatic nitrogens is 2. The minimum absolute atomic E-state index is 0.226. The lowest BCUT2D eigenvalue weighted by molar-refractivity contribution is 0.935. The average molecular weight is 214 g/mol. The molecular weight excluding hydrogens is 207 g/mol. The fraction of sp³-hybridized carbons (Fsp3) is 0.250. The van der Waals surface area contributed by atoms with E-state index in [2.05, 4.69) is 15.7 Å². The summed E-state index contributed by atoms with van der Waals surface area (Å²) in [5, 5.41) is 0. The van der Waals surface area contributed by atoms with Crippen molar-refractivity contribution in [2.24, 2.45) is 0 Å². The van der Waals surface area contributed by atoms with Gasteiger partial charge in [0.1, 0.15) is 11.0 Å². The third-order valence-corrected chi connectivity index (χ3v) is 2.95. The first kappa shape index (κ1) is 8.90. The Labute approximate surface area is 83.8 Å². The van der Waals surface area contributed by atoms with Crippen LogP contribution in [0.2, 0.25) is 0 Å². The van der Waals surface area contributed by atoms with Gasteiger partial charge in [-0.15, -0.1) is 0 Å². The summed E-state index contributed by atoms with van der Waals surface area (Å²) in [4.78, 5) is 0.556. The molecule has 0 radical (unpaired) electrons. The summed E-state index contributed by atoms with van der Waals surface area (Å²) >= 11 is 1.36. The lowest BCUT2D eigenvalue weighted by Crippen LogP contribution is -1.84. The Morgan fingerprint density at radius 3 is 2.85 bits per heavy atom. The molecule has 13 heavy (non-hydrogen) atoms. The number of hydrogen-bond donors (Lipinski definition) is 0. The van der Waals surface area contributed by atoms with Crippen molar-refractivity contribution in [1.29, 1.82) is 0 Å². The Bertz CT molecular complexity index is 389. The second-order valence-corrected chi connectivity index (χ2v) is 3.74. The molecule has 1 aromatic carbocycles. The standard InChI is InChI=1S/C8H7FN2S2/c1-2-5-3-4-6(12-9)8-7(5)10-13-11-8/h3-4H,2H2,1H3. The lowest BCUT2D eigenvalue weighted by atomic mass is 10.1. The molecule has 2 nitrogen and oxygen atoms in total. The van der Waals surface area contributed by atoms with Crippen LogP contribution in [0.25, 0.3) is 11.0 Å². The Hall–Kier alpha value is -0.680. The molecule has 0 aliphatic rings. The van der Waals surface area contributed by atoms with Gasteiger partial charge in [-0.3, -0.25) is 0 Å². The van der Waals surface area contributed by atoms with E-state index in [0.29, 0.717) is 10.4 Å². The molecule has 1 heterocycles. The molecule has 2 aromatic rings. The Morgan fingerprint density at radius 1 is 1.38 bits per heavy atom. The van der Waals surface area contributed by atoms with Crippen LogP contribution in [0.3, 0.4) is 0 Å². The maximum absolute atomic E-state index is 12.4. The third kappa shape index (κ3) is 1.42. The monoisotopic (exact) mass is 214 g/mol. The van der Waals surface area contributed by atoms with E-state index < -0.39 is 0 Å². The molecule has 0 N–H and O–H groups in total. The average Bonchev–Trinajstić information content (AvgIpc) is 2.64. The topological polar surface area (TPSA) is 25.8 Å². The molecule has 0 saturated carbocycles. The minimum atomic E-state index is 0.226. The molecule has 68 valence electrons. The van der Waals surface area contributed by atoms with Crippen molar-refractivity contribution < 1.29 is 3.89 Å². The smallest absolute Gasteiger partial charge is 0.121 e. The second-order valence-electron chi connectivity index (χ2n) is 2.61. The number of halogens is 1. The van der Waals surface area contributed by atoms with Crippen molar-refractivity contribution in [2.75, 3.05) is 0 Å². The molecule has 0 amide bonds. The van der Waals surface area contributed by atoms with Crippen molar-refractivity contribution in [3.63, 3.8) is 0 Å². The van der Waals surface area contributed by atoms with Crippen LogP contribution in [0.4, 0.5) is 3.89 Å². The van der Waals surface area contributed by atoms with E-state index in [-0.39, 0.29) is 12.1 Å². The predicted octanol–water partition coefficient (Wildman–Crippen LogP) is 3.23. The second kappa shape index (κ2) is 3.59. The van der Waals surface area contributed by atoms with Crippen molar-refractivity contribution >= 4 is 34.9 Å². The fourth-order valence-corrected chi connectivity index (χ4v) is 2.23. The Morgan fingerprint density at radius 2 is 2.15 bits per heavy atom. The molecule has 0 saturated heterocycles. The molecule has 0 fully saturated rings. The van der Waals surface area contributed by atoms with E-state index in [4.69, 9.17) is 0 Å². The number of nitrogens with zero attached hydrogens (tertiary/aromatic N) is 2. The highest BCUT2D eigenvalue weighted by atomic mass is 32.2. The van der Waals surface area contributed by atoms with Crippen molar-refractivity contribution in [1.82, 2.24) is 8.75 Å². The summed E-state index contributed by atoms with van der Waals surface area (Å²) in [6, 6.07) is 3.67. The zero-order valence-electron chi connectivity index (χ0n) is 6.95. The van der Waals surface area contributed by atoms with Crippen LogP contribution < -0.4 is 0 Å². The number of benzene rings is 1. The molecule has 1 aromatic heterocycles. The van der Waals surface area contributed by atoms with Crippen molar-refractivity contribution in [2.45, 2.75) is 18.2 Å². The fourth-order valence-electron chi connectivity index (χ4n) is 1.24. The Balaban J connectivity index is 2.74. The quantitative estimate of drug-likeness (QED) is 0.767. The Kier molecular flexibility index (Phi) is 2.46. The maximum Gasteiger partial charge on any atom is 0.121 e. The van der Waals surface area contributed by atoms with Crippen LogP contribution in [-0.2, 0) is 6.42 Å². The maximum atomic E-state index is 12.4. The van der Waals surface area contributed by atoms with Gasteiger partial charge in [0.15, 0.2) is 0 Å². The molecule has 0 unspecified atom stereocenters. The molecule has 0 bridgehead atoms. The summed E-state index contributed by atoms with van der Waals surface area (Å²) in [6.45, 7) is 2.05. The van der Waals surface area contributed by atoms with Gasteiger partial charge in [-0.25, -0.2) is 0 Å². The summed E-state index contributed by atoms with van der Waals surface area (Å²) in [5.41, 5.74) is 2.66. The summed E-state index contributed by atoms with van der Waals surface area (Å²) in [5.74, 6) is 0. The highest BCUT2D eigenvalue weighted by molar-refractivity contribution is 7.94. The van der Waals surface area contributed by atoms with E-state index in [0.717, 1.165) is 29.2 Å². The van der Waals surface area contributed by atoms with E-state index in [9.17, 15) is 3.89 Å². The van der Waals surface area contributed by atoms with Gasteiger partial charge in [-0.05, 0) is 18.1 Å². The SMILES string of the molecule is CCc1ccc(SF)c2nsnc12. The first-order chi connectivity index (χ1) is 6.36. The van der Waals surface area contributed by atoms with Crippen LogP contribution in [0.1, 0.15) is 12.5 Å². The minimum Gasteiger partial charge on any atom is -0.173 e. The first-order valence-electron chi connectivity index (χ1n) is 3.89. The zero-order chi connectivity index (χ0) is 9.26. The van der Waals surface area contributed by atoms with Gasteiger partial charge in [0.05, 0.1) is 28.8 Å². The van der Waals surface area contributed by atoms with Gasteiger partial charge in [-0.1, -0.05) is 13.0 Å². The number of fused-ring (bicyclic) bond motifs is 1. The molecule has 0 atom stereocenters. The van der Waals surface area contributed by atoms with E-state index in [1.54, 1.807) is 6.07 Å². The molecule has 0 spiro atoms. The summed E-state index contributed by atoms with van der Waals surface area (Å²) in [6.07, 6.45) is 0.902. The molecule has 0 aliphatic carbocycles. The van der Waals surface area contributed by atoms with Crippen LogP contribution >= 0.6 is 23.9 Å². The normalized spacial score (nSPS) is 10.9. The van der Waals surface area contributed by atoms with E-state index in [1.807, 2.05) is 6.07 Å². The predicted molar refractivity (Wildman–Crippen MR) is 53.8 cm³/mol. The van der Waals surface area contributed by atoms with Crippen LogP contribution in [-0.4, -0.2) is 8.75 Å². The zero-order valence-corrected chi connectivity index (χ0v) is 8.58. The third-order valence-electron chi connectivity index (χ3n) is 1.93. The van der Waals surface area contributed by atoms with Gasteiger partial charge in [-0.2, -0.15) is 12.6 Å². The van der Waals surface area contributed by atoms with Gasteiger partial charge in [0.2, 0.25) is 0 Å². The highest BCUT2D eigenvalue weighted by Crippen LogP contribution is 2.29. The van der Waals surface area contributed by atoms with Crippen molar-refractivity contribution in [3.05, 3.63) is 17.7 Å². The lowest BCUT2D eigenvalue weighted by Gasteiger charge is -1.98. The van der Waals surface area contributed by atoms with Crippen LogP contribution in [0.15, 0.2) is 17.0 Å². The van der Waals surface area contributed by atoms with Crippen LogP contribution in [0, 0.1) is 0 Å². The highest BCUT2D eigenvalue weighted by Gasteiger charge is 2.09. The first-order valence-corrected chi connectivity index (χ1v) is 5.34. The number of aryl methyl sites for hydroxylation is 1. The van der Waals surface area contributed by atoms with Crippen molar-refractivity contribution in [3.8, 4) is 0 Å². The summed E-state index contributed by atoms with van der Waals surface area (Å²) in [7, 11) is 0. The van der Waals surface area contributed by atoms with Gasteiger partial charge in [0, 0.05) is 0 Å².